The van der Waals surface area contributed by atoms with Crippen LogP contribution in [0.25, 0.3) is 0 Å². The Hall–Kier alpha value is -1.94. The predicted octanol–water partition coefficient (Wildman–Crippen LogP) is 21.4. The summed E-state index contributed by atoms with van der Waals surface area (Å²) in [7, 11) is -9.91. The fourth-order valence-corrected chi connectivity index (χ4v) is 12.8. The number of phosphoric ester groups is 2. The molecule has 0 saturated heterocycles. The van der Waals surface area contributed by atoms with Crippen molar-refractivity contribution in [3.8, 4) is 0 Å². The Kier molecular flexibility index (Phi) is 63.4. The van der Waals surface area contributed by atoms with Crippen LogP contribution in [0.1, 0.15) is 376 Å². The van der Waals surface area contributed by atoms with E-state index in [9.17, 15) is 43.2 Å². The number of rotatable bonds is 72. The van der Waals surface area contributed by atoms with Crippen molar-refractivity contribution in [3.05, 3.63) is 0 Å². The van der Waals surface area contributed by atoms with Crippen LogP contribution in [0.2, 0.25) is 0 Å². The van der Waals surface area contributed by atoms with E-state index in [4.69, 9.17) is 37.0 Å². The van der Waals surface area contributed by atoms with E-state index in [0.29, 0.717) is 31.6 Å². The SMILES string of the molecule is CCCCCCCCCCCCCCC(=O)O[C@H](COC(=O)CCCCCCCCC(C)C)COP(=O)(O)OC[C@H](O)COP(=O)(O)OC[C@@H](COC(=O)CCCCCCCCCCCCC(C)CC)OC(=O)CCCCCCCCCCCCCCCCC(C)CC. The molecule has 0 heterocycles. The van der Waals surface area contributed by atoms with Crippen LogP contribution in [0.4, 0.5) is 0 Å². The van der Waals surface area contributed by atoms with Crippen molar-refractivity contribution in [1.29, 1.82) is 0 Å². The topological polar surface area (TPSA) is 237 Å². The van der Waals surface area contributed by atoms with Gasteiger partial charge in [-0.1, -0.05) is 325 Å². The number of hydrogen-bond acceptors (Lipinski definition) is 15. The van der Waals surface area contributed by atoms with E-state index in [1.807, 2.05) is 0 Å². The lowest BCUT2D eigenvalue weighted by molar-refractivity contribution is -0.161. The van der Waals surface area contributed by atoms with Gasteiger partial charge in [-0.25, -0.2) is 9.13 Å². The summed E-state index contributed by atoms with van der Waals surface area (Å²) >= 11 is 0. The van der Waals surface area contributed by atoms with Crippen LogP contribution >= 0.6 is 15.6 Å². The number of unbranched alkanes of at least 4 members (excludes halogenated alkanes) is 38. The number of carbonyl (C=O) groups is 4. The Balaban J connectivity index is 5.24. The molecule has 19 heteroatoms. The van der Waals surface area contributed by atoms with Gasteiger partial charge >= 0.3 is 39.5 Å². The fourth-order valence-electron chi connectivity index (χ4n) is 11.2. The number of phosphoric acid groups is 2. The zero-order valence-corrected chi connectivity index (χ0v) is 62.5. The molecule has 3 N–H and O–H groups in total. The van der Waals surface area contributed by atoms with Gasteiger partial charge in [0.25, 0.3) is 0 Å². The van der Waals surface area contributed by atoms with Crippen LogP contribution in [0.15, 0.2) is 0 Å². The number of aliphatic hydroxyl groups is 1. The maximum atomic E-state index is 13.1. The fraction of sp³-hybridized carbons (Fsp3) is 0.946. The standard InChI is InChI=1S/C74H144O17P2/c1-8-11-12-13-14-15-16-22-29-34-43-50-57-73(78)91-70(62-85-72(77)56-49-42-37-36-38-45-52-65(4)5)64-89-93(82,83)87-60-68(75)59-86-92(80,81)88-63-69(61-84-71(76)55-48-41-33-28-25-24-27-32-40-47-54-67(7)10-3)90-74(79)58-51-44-35-30-23-20-18-17-19-21-26-31-39-46-53-66(6)9-2/h65-70,75H,8-64H2,1-7H3,(H,80,81)(H,82,83)/t66?,67?,68-,69-,70-/m1/s1. The normalized spacial score (nSPS) is 14.7. The summed E-state index contributed by atoms with van der Waals surface area (Å²) in [6.45, 7) is 11.9. The highest BCUT2D eigenvalue weighted by molar-refractivity contribution is 7.47. The Labute approximate surface area is 568 Å². The average Bonchev–Trinajstić information content (AvgIpc) is 2.52. The molecular weight excluding hydrogens is 1220 g/mol. The molecule has 0 radical (unpaired) electrons. The molecule has 0 spiro atoms. The van der Waals surface area contributed by atoms with Crippen LogP contribution in [-0.2, 0) is 65.4 Å². The van der Waals surface area contributed by atoms with Crippen LogP contribution in [0.5, 0.6) is 0 Å². The molecule has 4 unspecified atom stereocenters. The highest BCUT2D eigenvalue weighted by atomic mass is 31.2. The molecule has 0 fully saturated rings. The van der Waals surface area contributed by atoms with Gasteiger partial charge in [-0.2, -0.15) is 0 Å². The lowest BCUT2D eigenvalue weighted by Gasteiger charge is -2.21. The Morgan fingerprint density at radius 1 is 0.312 bits per heavy atom. The first-order chi connectivity index (χ1) is 44.8. The molecule has 7 atom stereocenters. The van der Waals surface area contributed by atoms with E-state index in [1.54, 1.807) is 0 Å². The predicted molar refractivity (Wildman–Crippen MR) is 377 cm³/mol. The summed E-state index contributed by atoms with van der Waals surface area (Å²) in [5, 5.41) is 10.6. The Morgan fingerprint density at radius 3 is 0.817 bits per heavy atom. The molecule has 0 rings (SSSR count). The number of ether oxygens (including phenoxy) is 4. The smallest absolute Gasteiger partial charge is 0.462 e. The third kappa shape index (κ3) is 65.8. The van der Waals surface area contributed by atoms with E-state index in [2.05, 4.69) is 48.5 Å². The van der Waals surface area contributed by atoms with Crippen molar-refractivity contribution in [1.82, 2.24) is 0 Å². The van der Waals surface area contributed by atoms with Gasteiger partial charge in [0, 0.05) is 25.7 Å². The molecule has 0 aromatic carbocycles. The van der Waals surface area contributed by atoms with E-state index < -0.39 is 97.5 Å². The summed E-state index contributed by atoms with van der Waals surface area (Å²) in [5.41, 5.74) is 0. The van der Waals surface area contributed by atoms with E-state index in [1.165, 1.54) is 180 Å². The molecule has 0 amide bonds. The minimum Gasteiger partial charge on any atom is -0.462 e. The minimum absolute atomic E-state index is 0.106. The van der Waals surface area contributed by atoms with Crippen molar-refractivity contribution in [3.63, 3.8) is 0 Å². The average molecular weight is 1370 g/mol. The molecule has 0 aliphatic rings. The summed E-state index contributed by atoms with van der Waals surface area (Å²) in [6.07, 6.45) is 49.9. The molecule has 0 aromatic rings. The molecule has 17 nitrogen and oxygen atoms in total. The zero-order chi connectivity index (χ0) is 68.7. The van der Waals surface area contributed by atoms with Gasteiger partial charge in [0.05, 0.1) is 26.4 Å². The van der Waals surface area contributed by atoms with Gasteiger partial charge in [-0.05, 0) is 43.4 Å². The first kappa shape index (κ1) is 91.1. The number of aliphatic hydroxyl groups excluding tert-OH is 1. The maximum Gasteiger partial charge on any atom is 0.472 e. The van der Waals surface area contributed by atoms with Crippen molar-refractivity contribution in [2.75, 3.05) is 39.6 Å². The number of hydrogen-bond donors (Lipinski definition) is 3. The van der Waals surface area contributed by atoms with Gasteiger partial charge in [0.2, 0.25) is 0 Å². The van der Waals surface area contributed by atoms with E-state index in [0.717, 1.165) is 108 Å². The molecule has 0 saturated carbocycles. The molecular formula is C74H144O17P2. The summed E-state index contributed by atoms with van der Waals surface area (Å²) < 4.78 is 68.4. The van der Waals surface area contributed by atoms with Crippen molar-refractivity contribution >= 4 is 39.5 Å². The Bertz CT molecular complexity index is 1820. The summed E-state index contributed by atoms with van der Waals surface area (Å²) in [6, 6.07) is 0. The van der Waals surface area contributed by atoms with E-state index >= 15 is 0 Å². The second-order valence-electron chi connectivity index (χ2n) is 27.6. The van der Waals surface area contributed by atoms with Crippen LogP contribution in [0.3, 0.4) is 0 Å². The van der Waals surface area contributed by atoms with Gasteiger partial charge in [0.15, 0.2) is 12.2 Å². The third-order valence-electron chi connectivity index (χ3n) is 17.9. The van der Waals surface area contributed by atoms with Crippen LogP contribution < -0.4 is 0 Å². The molecule has 93 heavy (non-hydrogen) atoms. The van der Waals surface area contributed by atoms with Crippen molar-refractivity contribution < 1.29 is 80.2 Å². The highest BCUT2D eigenvalue weighted by Crippen LogP contribution is 2.45. The van der Waals surface area contributed by atoms with Gasteiger partial charge in [-0.3, -0.25) is 37.3 Å². The van der Waals surface area contributed by atoms with Crippen LogP contribution in [0, 0.1) is 17.8 Å². The van der Waals surface area contributed by atoms with Crippen LogP contribution in [-0.4, -0.2) is 96.7 Å². The molecule has 552 valence electrons. The van der Waals surface area contributed by atoms with Gasteiger partial charge in [0.1, 0.15) is 19.3 Å². The second-order valence-corrected chi connectivity index (χ2v) is 30.6. The zero-order valence-electron chi connectivity index (χ0n) is 60.7. The lowest BCUT2D eigenvalue weighted by Crippen LogP contribution is -2.30. The number of esters is 4. The number of carbonyl (C=O) groups excluding carboxylic acids is 4. The quantitative estimate of drug-likeness (QED) is 0.0222. The lowest BCUT2D eigenvalue weighted by atomic mass is 9.99. The summed E-state index contributed by atoms with van der Waals surface area (Å²) in [4.78, 5) is 72.7. The van der Waals surface area contributed by atoms with E-state index in [-0.39, 0.29) is 25.7 Å². The molecule has 0 aliphatic carbocycles. The molecule has 0 bridgehead atoms. The minimum atomic E-state index is -4.96. The Morgan fingerprint density at radius 2 is 0.548 bits per heavy atom. The molecule has 0 aromatic heterocycles. The van der Waals surface area contributed by atoms with Gasteiger partial charge in [-0.15, -0.1) is 0 Å². The van der Waals surface area contributed by atoms with Crippen molar-refractivity contribution in [2.24, 2.45) is 17.8 Å². The van der Waals surface area contributed by atoms with Gasteiger partial charge < -0.3 is 33.8 Å². The molecule has 0 aliphatic heterocycles. The van der Waals surface area contributed by atoms with Crippen molar-refractivity contribution in [2.45, 2.75) is 394 Å². The largest absolute Gasteiger partial charge is 0.472 e. The maximum absolute atomic E-state index is 13.1. The highest BCUT2D eigenvalue weighted by Gasteiger charge is 2.30. The second kappa shape index (κ2) is 64.7. The first-order valence-electron chi connectivity index (χ1n) is 38.4. The monoisotopic (exact) mass is 1370 g/mol. The third-order valence-corrected chi connectivity index (χ3v) is 19.8. The first-order valence-corrected chi connectivity index (χ1v) is 41.4. The summed E-state index contributed by atoms with van der Waals surface area (Å²) in [5.74, 6) is 0.214.